The topological polar surface area (TPSA) is 0 Å². The monoisotopic (exact) mass is 306 g/mol. The van der Waals surface area contributed by atoms with E-state index in [1.807, 2.05) is 11.3 Å². The first-order valence-corrected chi connectivity index (χ1v) is 9.82. The maximum absolute atomic E-state index is 2.49. The van der Waals surface area contributed by atoms with Crippen LogP contribution in [0.5, 0.6) is 0 Å². The average molecular weight is 307 g/mol. The van der Waals surface area contributed by atoms with Crippen molar-refractivity contribution in [2.24, 2.45) is 11.8 Å². The molecule has 2 aromatic rings. The van der Waals surface area contributed by atoms with E-state index in [1.165, 1.54) is 47.9 Å². The smallest absolute Gasteiger partial charge is 0.0456 e. The lowest BCUT2D eigenvalue weighted by Crippen LogP contribution is -2.17. The third-order valence-electron chi connectivity index (χ3n) is 4.99. The molecule has 0 saturated heterocycles. The van der Waals surface area contributed by atoms with Gasteiger partial charge in [-0.05, 0) is 49.1 Å². The third-order valence-corrected chi connectivity index (χ3v) is 7.54. The van der Waals surface area contributed by atoms with E-state index in [-0.39, 0.29) is 0 Å². The average Bonchev–Trinajstić information content (AvgIpc) is 2.97. The molecule has 0 radical (unpaired) electrons. The summed E-state index contributed by atoms with van der Waals surface area (Å²) in [5.74, 6) is 2.65. The second-order valence-electron chi connectivity index (χ2n) is 6.65. The highest BCUT2D eigenvalue weighted by Gasteiger charge is 2.25. The summed E-state index contributed by atoms with van der Waals surface area (Å²) in [4.78, 5) is 3.20. The highest BCUT2D eigenvalue weighted by molar-refractivity contribution is 7.27. The maximum Gasteiger partial charge on any atom is 0.0456 e. The summed E-state index contributed by atoms with van der Waals surface area (Å²) in [6.07, 6.45) is 8.27. The first kappa shape index (κ1) is 14.6. The largest absolute Gasteiger partial charge is 0.139 e. The molecule has 0 bridgehead atoms. The third kappa shape index (κ3) is 2.96. The van der Waals surface area contributed by atoms with Crippen molar-refractivity contribution in [2.45, 2.75) is 65.2 Å². The summed E-state index contributed by atoms with van der Waals surface area (Å²) in [7, 11) is 0. The van der Waals surface area contributed by atoms with Gasteiger partial charge in [0.1, 0.15) is 0 Å². The van der Waals surface area contributed by atoms with Crippen molar-refractivity contribution in [3.8, 4) is 0 Å². The Morgan fingerprint density at radius 1 is 1.10 bits per heavy atom. The van der Waals surface area contributed by atoms with Crippen LogP contribution in [-0.4, -0.2) is 0 Å². The summed E-state index contributed by atoms with van der Waals surface area (Å²) in [5, 5.41) is 0. The van der Waals surface area contributed by atoms with Crippen LogP contribution in [0.15, 0.2) is 12.1 Å². The fraction of sp³-hybridized carbons (Fsp3) is 0.667. The molecule has 0 nitrogen and oxygen atoms in total. The zero-order valence-corrected chi connectivity index (χ0v) is 14.6. The van der Waals surface area contributed by atoms with Crippen LogP contribution in [0, 0.1) is 11.8 Å². The molecule has 1 fully saturated rings. The number of hydrogen-bond donors (Lipinski definition) is 0. The molecule has 1 unspecified atom stereocenters. The predicted molar refractivity (Wildman–Crippen MR) is 93.2 cm³/mol. The molecule has 1 aliphatic rings. The molecular weight excluding hydrogens is 280 g/mol. The number of thiophene rings is 2. The number of fused-ring (bicyclic) bond motifs is 1. The molecule has 0 spiro atoms. The van der Waals surface area contributed by atoms with Gasteiger partial charge in [-0.1, -0.05) is 40.0 Å². The maximum atomic E-state index is 2.49. The van der Waals surface area contributed by atoms with Crippen LogP contribution >= 0.6 is 22.7 Å². The van der Waals surface area contributed by atoms with Crippen LogP contribution in [-0.2, 0) is 6.42 Å². The molecule has 0 aliphatic heterocycles. The molecule has 0 aromatic carbocycles. The highest BCUT2D eigenvalue weighted by Crippen LogP contribution is 2.43. The molecule has 20 heavy (non-hydrogen) atoms. The Bertz CT molecular complexity index is 523. The van der Waals surface area contributed by atoms with Gasteiger partial charge in [0.2, 0.25) is 0 Å². The minimum atomic E-state index is 0.765. The summed E-state index contributed by atoms with van der Waals surface area (Å²) < 4.78 is 3.06. The van der Waals surface area contributed by atoms with Gasteiger partial charge in [-0.3, -0.25) is 0 Å². The lowest BCUT2D eigenvalue weighted by atomic mass is 9.76. The van der Waals surface area contributed by atoms with Crippen LogP contribution in [0.4, 0.5) is 0 Å². The van der Waals surface area contributed by atoms with E-state index in [9.17, 15) is 0 Å². The van der Waals surface area contributed by atoms with E-state index in [0.717, 1.165) is 17.8 Å². The minimum Gasteiger partial charge on any atom is -0.139 e. The van der Waals surface area contributed by atoms with Gasteiger partial charge in [-0.25, -0.2) is 0 Å². The molecule has 1 atom stereocenters. The van der Waals surface area contributed by atoms with Crippen LogP contribution in [0.2, 0.25) is 0 Å². The normalized spacial score (nSPS) is 25.1. The summed E-state index contributed by atoms with van der Waals surface area (Å²) in [6.45, 7) is 7.14. The first-order valence-electron chi connectivity index (χ1n) is 8.19. The van der Waals surface area contributed by atoms with Crippen LogP contribution in [0.3, 0.4) is 0 Å². The Labute approximate surface area is 131 Å². The van der Waals surface area contributed by atoms with Crippen molar-refractivity contribution in [2.75, 3.05) is 0 Å². The molecule has 2 aromatic heterocycles. The van der Waals surface area contributed by atoms with Crippen LogP contribution in [0.1, 0.15) is 68.5 Å². The van der Waals surface area contributed by atoms with Gasteiger partial charge in [-0.2, -0.15) is 0 Å². The molecule has 2 heteroatoms. The fourth-order valence-corrected chi connectivity index (χ4v) is 6.20. The van der Waals surface area contributed by atoms with Gasteiger partial charge in [0.15, 0.2) is 0 Å². The van der Waals surface area contributed by atoms with Crippen molar-refractivity contribution in [3.63, 3.8) is 0 Å². The predicted octanol–water partition coefficient (Wildman–Crippen LogP) is 6.85. The van der Waals surface area contributed by atoms with E-state index < -0.39 is 0 Å². The number of hydrogen-bond acceptors (Lipinski definition) is 2. The second kappa shape index (κ2) is 6.19. The molecule has 1 aliphatic carbocycles. The van der Waals surface area contributed by atoms with Gasteiger partial charge >= 0.3 is 0 Å². The fourth-order valence-electron chi connectivity index (χ4n) is 3.52. The van der Waals surface area contributed by atoms with Gasteiger partial charge in [0.25, 0.3) is 0 Å². The molecule has 0 N–H and O–H groups in total. The summed E-state index contributed by atoms with van der Waals surface area (Å²) in [6, 6.07) is 4.93. The summed E-state index contributed by atoms with van der Waals surface area (Å²) >= 11 is 4.07. The Balaban J connectivity index is 1.74. The molecule has 1 saturated carbocycles. The van der Waals surface area contributed by atoms with Gasteiger partial charge in [0, 0.05) is 19.2 Å². The van der Waals surface area contributed by atoms with Crippen molar-refractivity contribution in [3.05, 3.63) is 21.9 Å². The van der Waals surface area contributed by atoms with E-state index in [1.54, 1.807) is 9.75 Å². The molecule has 110 valence electrons. The van der Waals surface area contributed by atoms with Gasteiger partial charge < -0.3 is 0 Å². The van der Waals surface area contributed by atoms with E-state index in [0.29, 0.717) is 0 Å². The zero-order valence-electron chi connectivity index (χ0n) is 12.9. The van der Waals surface area contributed by atoms with E-state index in [2.05, 4.69) is 44.2 Å². The van der Waals surface area contributed by atoms with Crippen molar-refractivity contribution in [1.29, 1.82) is 0 Å². The quantitative estimate of drug-likeness (QED) is 0.579. The Morgan fingerprint density at radius 2 is 1.80 bits per heavy atom. The molecule has 3 rings (SSSR count). The second-order valence-corrected chi connectivity index (χ2v) is 8.93. The van der Waals surface area contributed by atoms with Crippen molar-refractivity contribution < 1.29 is 0 Å². The van der Waals surface area contributed by atoms with Crippen molar-refractivity contribution in [1.82, 2.24) is 0 Å². The zero-order chi connectivity index (χ0) is 14.1. The minimum absolute atomic E-state index is 0.765. The molecule has 2 heterocycles. The van der Waals surface area contributed by atoms with Crippen LogP contribution < -0.4 is 0 Å². The molecular formula is C18H26S2. The Hall–Kier alpha value is -0.340. The number of aryl methyl sites for hydroxylation is 1. The van der Waals surface area contributed by atoms with Crippen molar-refractivity contribution >= 4 is 32.1 Å². The highest BCUT2D eigenvalue weighted by atomic mass is 32.1. The first-order chi connectivity index (χ1) is 9.67. The van der Waals surface area contributed by atoms with E-state index >= 15 is 0 Å². The standard InChI is InChI=1S/C18H26S2/c1-4-5-15-10-17-18(19-15)11-16(20-17)13(3)14-8-6-12(2)7-9-14/h10-14H,4-9H2,1-3H3. The Morgan fingerprint density at radius 3 is 2.45 bits per heavy atom. The van der Waals surface area contributed by atoms with Gasteiger partial charge in [0.05, 0.1) is 0 Å². The Kier molecular flexibility index (Phi) is 4.52. The SMILES string of the molecule is CCCc1cc2sc(C(C)C3CCC(C)CC3)cc2s1. The van der Waals surface area contributed by atoms with Crippen LogP contribution in [0.25, 0.3) is 9.40 Å². The van der Waals surface area contributed by atoms with Gasteiger partial charge in [-0.15, -0.1) is 22.7 Å². The lowest BCUT2D eigenvalue weighted by molar-refractivity contribution is 0.263. The number of rotatable bonds is 4. The molecule has 0 amide bonds. The van der Waals surface area contributed by atoms with E-state index in [4.69, 9.17) is 0 Å². The summed E-state index contributed by atoms with van der Waals surface area (Å²) in [5.41, 5.74) is 0. The lowest BCUT2D eigenvalue weighted by Gasteiger charge is -2.30.